The van der Waals surface area contributed by atoms with Crippen LogP contribution in [0.15, 0.2) is 24.3 Å². The quantitative estimate of drug-likeness (QED) is 0.530. The first kappa shape index (κ1) is 24.0. The maximum atomic E-state index is 13.0. The number of likely N-dealkylation sites (tertiary alicyclic amines) is 1. The van der Waals surface area contributed by atoms with E-state index in [4.69, 9.17) is 10.5 Å². The zero-order valence-corrected chi connectivity index (χ0v) is 18.8. The van der Waals surface area contributed by atoms with Gasteiger partial charge in [-0.25, -0.2) is 4.79 Å². The van der Waals surface area contributed by atoms with Gasteiger partial charge in [0.25, 0.3) is 0 Å². The molecule has 0 aromatic heterocycles. The normalized spacial score (nSPS) is 24.3. The van der Waals surface area contributed by atoms with Crippen molar-refractivity contribution in [2.45, 2.75) is 50.7 Å². The molecule has 9 heteroatoms. The fourth-order valence-corrected chi connectivity index (χ4v) is 4.61. The molecule has 0 unspecified atom stereocenters. The van der Waals surface area contributed by atoms with E-state index in [9.17, 15) is 19.5 Å². The summed E-state index contributed by atoms with van der Waals surface area (Å²) in [5, 5.41) is 12.9. The minimum atomic E-state index is -1.02. The number of amides is 2. The average molecular weight is 447 g/mol. The number of carboxylic acids is 1. The van der Waals surface area contributed by atoms with Gasteiger partial charge in [-0.1, -0.05) is 12.1 Å². The summed E-state index contributed by atoms with van der Waals surface area (Å²) >= 11 is 0. The molecule has 0 bridgehead atoms. The molecular formula is C23H34N4O5. The highest BCUT2D eigenvalue weighted by molar-refractivity contribution is 5.88. The molecule has 9 nitrogen and oxygen atoms in total. The highest BCUT2D eigenvalue weighted by Gasteiger charge is 2.41. The summed E-state index contributed by atoms with van der Waals surface area (Å²) in [5.74, 6) is -0.639. The number of rotatable bonds is 8. The van der Waals surface area contributed by atoms with Crippen LogP contribution in [0.25, 0.3) is 0 Å². The van der Waals surface area contributed by atoms with E-state index in [2.05, 4.69) is 5.32 Å². The van der Waals surface area contributed by atoms with Gasteiger partial charge in [0.15, 0.2) is 0 Å². The minimum Gasteiger partial charge on any atom is -0.497 e. The molecule has 1 aromatic carbocycles. The van der Waals surface area contributed by atoms with Crippen LogP contribution in [0.1, 0.15) is 31.7 Å². The van der Waals surface area contributed by atoms with Gasteiger partial charge in [0.2, 0.25) is 11.8 Å². The van der Waals surface area contributed by atoms with E-state index in [0.29, 0.717) is 25.9 Å². The highest BCUT2D eigenvalue weighted by Crippen LogP contribution is 2.28. The van der Waals surface area contributed by atoms with Crippen molar-refractivity contribution in [3.63, 3.8) is 0 Å². The van der Waals surface area contributed by atoms with Crippen molar-refractivity contribution in [2.24, 2.45) is 11.7 Å². The number of ether oxygens (including phenoxy) is 1. The average Bonchev–Trinajstić information content (AvgIpc) is 3.21. The summed E-state index contributed by atoms with van der Waals surface area (Å²) in [6, 6.07) is 5.97. The van der Waals surface area contributed by atoms with Gasteiger partial charge >= 0.3 is 5.97 Å². The summed E-state index contributed by atoms with van der Waals surface area (Å²) in [5.41, 5.74) is 7.18. The number of piperazine rings is 1. The Morgan fingerprint density at radius 1 is 1.25 bits per heavy atom. The summed E-state index contributed by atoms with van der Waals surface area (Å²) in [6.07, 6.45) is 1.45. The molecule has 4 N–H and O–H groups in total. The number of nitrogens with two attached hydrogens (primary N) is 1. The van der Waals surface area contributed by atoms with Gasteiger partial charge in [-0.2, -0.15) is 0 Å². The Balaban J connectivity index is 1.56. The van der Waals surface area contributed by atoms with E-state index in [1.165, 1.54) is 4.90 Å². The largest absolute Gasteiger partial charge is 0.497 e. The lowest BCUT2D eigenvalue weighted by Gasteiger charge is -2.34. The smallest absolute Gasteiger partial charge is 0.326 e. The predicted molar refractivity (Wildman–Crippen MR) is 119 cm³/mol. The fraction of sp³-hybridized carbons (Fsp3) is 0.609. The Kier molecular flexibility index (Phi) is 8.09. The van der Waals surface area contributed by atoms with Crippen LogP contribution in [0, 0.1) is 5.92 Å². The highest BCUT2D eigenvalue weighted by atomic mass is 16.5. The predicted octanol–water partition coefficient (Wildman–Crippen LogP) is 0.467. The second-order valence-corrected chi connectivity index (χ2v) is 8.78. The van der Waals surface area contributed by atoms with E-state index >= 15 is 0 Å². The molecule has 2 fully saturated rings. The van der Waals surface area contributed by atoms with Crippen LogP contribution in [0.3, 0.4) is 0 Å². The van der Waals surface area contributed by atoms with E-state index < -0.39 is 24.0 Å². The van der Waals surface area contributed by atoms with Crippen LogP contribution in [-0.4, -0.2) is 84.1 Å². The Labute approximate surface area is 188 Å². The molecule has 32 heavy (non-hydrogen) atoms. The van der Waals surface area contributed by atoms with Crippen molar-refractivity contribution < 1.29 is 24.2 Å². The number of carbonyl (C=O) groups is 3. The summed E-state index contributed by atoms with van der Waals surface area (Å²) in [7, 11) is 1.61. The molecule has 2 saturated heterocycles. The van der Waals surface area contributed by atoms with Gasteiger partial charge in [0.1, 0.15) is 11.8 Å². The molecule has 2 heterocycles. The molecule has 0 saturated carbocycles. The van der Waals surface area contributed by atoms with Crippen LogP contribution in [0.5, 0.6) is 5.75 Å². The topological polar surface area (TPSA) is 125 Å². The maximum Gasteiger partial charge on any atom is 0.326 e. The molecule has 3 rings (SSSR count). The number of hydrogen-bond donors (Lipinski definition) is 3. The van der Waals surface area contributed by atoms with Gasteiger partial charge in [0, 0.05) is 38.6 Å². The van der Waals surface area contributed by atoms with Crippen molar-refractivity contribution in [1.29, 1.82) is 0 Å². The van der Waals surface area contributed by atoms with Crippen molar-refractivity contribution in [3.05, 3.63) is 29.8 Å². The van der Waals surface area contributed by atoms with Gasteiger partial charge in [-0.3, -0.25) is 9.59 Å². The number of methoxy groups -OCH3 is 1. The summed E-state index contributed by atoms with van der Waals surface area (Å²) in [6.45, 7) is 4.48. The molecular weight excluding hydrogens is 412 g/mol. The lowest BCUT2D eigenvalue weighted by atomic mass is 9.97. The maximum absolute atomic E-state index is 13.0. The Morgan fingerprint density at radius 3 is 2.59 bits per heavy atom. The minimum absolute atomic E-state index is 0.0177. The van der Waals surface area contributed by atoms with Crippen LogP contribution in [-0.2, 0) is 20.8 Å². The molecule has 176 valence electrons. The first-order valence-corrected chi connectivity index (χ1v) is 11.2. The van der Waals surface area contributed by atoms with E-state index in [-0.39, 0.29) is 30.7 Å². The first-order chi connectivity index (χ1) is 15.3. The number of carboxylic acid groups (broad SMARTS) is 1. The number of benzene rings is 1. The first-order valence-electron chi connectivity index (χ1n) is 11.2. The fourth-order valence-electron chi connectivity index (χ4n) is 4.61. The zero-order valence-electron chi connectivity index (χ0n) is 18.8. The molecule has 2 aliphatic heterocycles. The number of nitrogens with zero attached hydrogens (tertiary/aromatic N) is 2. The third kappa shape index (κ3) is 5.77. The van der Waals surface area contributed by atoms with E-state index in [0.717, 1.165) is 24.4 Å². The number of aliphatic carboxylic acids is 1. The van der Waals surface area contributed by atoms with Crippen LogP contribution in [0.2, 0.25) is 0 Å². The number of nitrogens with one attached hydrogen (secondary N) is 1. The van der Waals surface area contributed by atoms with Gasteiger partial charge < -0.3 is 30.7 Å². The number of carbonyl (C=O) groups excluding carboxylic acids is 2. The molecule has 2 amide bonds. The lowest BCUT2D eigenvalue weighted by molar-refractivity contribution is -0.149. The van der Waals surface area contributed by atoms with Gasteiger partial charge in [-0.05, 0) is 49.8 Å². The Morgan fingerprint density at radius 2 is 1.97 bits per heavy atom. The third-order valence-electron chi connectivity index (χ3n) is 6.45. The van der Waals surface area contributed by atoms with E-state index in [1.807, 2.05) is 36.1 Å². The van der Waals surface area contributed by atoms with Crippen LogP contribution in [0.4, 0.5) is 0 Å². The third-order valence-corrected chi connectivity index (χ3v) is 6.45. The standard InChI is InChI=1S/C23H34N4O5/c1-15-13-25-9-10-26(15)21(28)8-7-19(24)22(29)27-14-17(12-20(27)23(30)31)11-16-3-5-18(32-2)6-4-16/h3-6,15,17,19-20,25H,7-14,24H2,1-2H3,(H,30,31)/t15-,17+,19+,20-/m0/s1. The second kappa shape index (κ2) is 10.8. The van der Waals surface area contributed by atoms with Crippen LogP contribution >= 0.6 is 0 Å². The SMILES string of the molecule is COc1ccc(C[C@@H]2C[C@@H](C(=O)O)N(C(=O)[C@H](N)CCC(=O)N3CCNC[C@@H]3C)C2)cc1. The molecule has 0 aliphatic carbocycles. The van der Waals surface area contributed by atoms with Crippen molar-refractivity contribution >= 4 is 17.8 Å². The van der Waals surface area contributed by atoms with Crippen molar-refractivity contribution in [3.8, 4) is 5.75 Å². The van der Waals surface area contributed by atoms with Crippen LogP contribution < -0.4 is 15.8 Å². The zero-order chi connectivity index (χ0) is 23.3. The lowest BCUT2D eigenvalue weighted by Crippen LogP contribution is -2.53. The summed E-state index contributed by atoms with van der Waals surface area (Å²) < 4.78 is 5.17. The molecule has 0 spiro atoms. The molecule has 4 atom stereocenters. The Hall–Kier alpha value is -2.65. The van der Waals surface area contributed by atoms with Crippen molar-refractivity contribution in [1.82, 2.24) is 15.1 Å². The van der Waals surface area contributed by atoms with E-state index in [1.54, 1.807) is 7.11 Å². The molecule has 1 aromatic rings. The monoisotopic (exact) mass is 446 g/mol. The van der Waals surface area contributed by atoms with Gasteiger partial charge in [0.05, 0.1) is 13.2 Å². The Bertz CT molecular complexity index is 815. The number of hydrogen-bond acceptors (Lipinski definition) is 6. The molecule has 0 radical (unpaired) electrons. The second-order valence-electron chi connectivity index (χ2n) is 8.78. The van der Waals surface area contributed by atoms with Crippen molar-refractivity contribution in [2.75, 3.05) is 33.3 Å². The van der Waals surface area contributed by atoms with Gasteiger partial charge in [-0.15, -0.1) is 0 Å². The molecule has 2 aliphatic rings. The summed E-state index contributed by atoms with van der Waals surface area (Å²) in [4.78, 5) is 40.5.